The Morgan fingerprint density at radius 1 is 1.09 bits per heavy atom. The van der Waals surface area contributed by atoms with Gasteiger partial charge < -0.3 is 14.6 Å². The average Bonchev–Trinajstić information content (AvgIpc) is 3.29. The predicted octanol–water partition coefficient (Wildman–Crippen LogP) is 7.67. The SMILES string of the molecule is CC1CCN(c2ccc(NC(=S)NC(=O)/C=C/c3ccc(-c4cccc(Cl)c4Cl)o3)cc2Cl)CC1. The Morgan fingerprint density at radius 2 is 1.86 bits per heavy atom. The summed E-state index contributed by atoms with van der Waals surface area (Å²) in [5.41, 5.74) is 2.39. The molecule has 0 radical (unpaired) electrons. The van der Waals surface area contributed by atoms with Crippen LogP contribution in [0.2, 0.25) is 15.1 Å². The molecule has 1 aliphatic heterocycles. The van der Waals surface area contributed by atoms with Gasteiger partial charge in [-0.1, -0.05) is 47.8 Å². The molecule has 2 aromatic carbocycles. The van der Waals surface area contributed by atoms with E-state index in [2.05, 4.69) is 22.5 Å². The number of rotatable bonds is 5. The van der Waals surface area contributed by atoms with Gasteiger partial charge in [-0.15, -0.1) is 0 Å². The molecule has 2 heterocycles. The maximum absolute atomic E-state index is 12.3. The van der Waals surface area contributed by atoms with Gasteiger partial charge in [0.25, 0.3) is 0 Å². The summed E-state index contributed by atoms with van der Waals surface area (Å²) in [4.78, 5) is 14.6. The number of amides is 1. The van der Waals surface area contributed by atoms with E-state index in [1.165, 1.54) is 6.08 Å². The molecule has 0 saturated carbocycles. The Balaban J connectivity index is 1.32. The summed E-state index contributed by atoms with van der Waals surface area (Å²) < 4.78 is 5.76. The van der Waals surface area contributed by atoms with Gasteiger partial charge in [0.2, 0.25) is 5.91 Å². The van der Waals surface area contributed by atoms with Crippen molar-refractivity contribution in [2.75, 3.05) is 23.3 Å². The largest absolute Gasteiger partial charge is 0.457 e. The number of nitrogens with one attached hydrogen (secondary N) is 2. The lowest BCUT2D eigenvalue weighted by molar-refractivity contribution is -0.115. The molecule has 1 aliphatic rings. The van der Waals surface area contributed by atoms with Crippen LogP contribution in [0.5, 0.6) is 0 Å². The molecule has 0 bridgehead atoms. The molecule has 3 aromatic rings. The van der Waals surface area contributed by atoms with Crippen molar-refractivity contribution in [2.45, 2.75) is 19.8 Å². The standard InChI is InChI=1S/C26H24Cl3N3O2S/c1-16-11-13-32(14-12-16)22-8-5-17(15-21(22)28)30-26(35)31-24(33)10-7-18-6-9-23(34-18)19-3-2-4-20(27)25(19)29/h2-10,15-16H,11-14H2,1H3,(H2,30,31,33,35)/b10-7+. The molecule has 0 spiro atoms. The van der Waals surface area contributed by atoms with Crippen LogP contribution in [0.1, 0.15) is 25.5 Å². The Kier molecular flexibility index (Phi) is 8.39. The summed E-state index contributed by atoms with van der Waals surface area (Å²) in [6.07, 6.45) is 5.20. The number of carbonyl (C=O) groups excluding carboxylic acids is 1. The van der Waals surface area contributed by atoms with Crippen LogP contribution in [0.4, 0.5) is 11.4 Å². The predicted molar refractivity (Wildman–Crippen MR) is 150 cm³/mol. The smallest absolute Gasteiger partial charge is 0.250 e. The first-order valence-electron chi connectivity index (χ1n) is 11.2. The number of hydrogen-bond donors (Lipinski definition) is 2. The van der Waals surface area contributed by atoms with Gasteiger partial charge in [-0.2, -0.15) is 0 Å². The molecule has 5 nitrogen and oxygen atoms in total. The third kappa shape index (κ3) is 6.58. The third-order valence-corrected chi connectivity index (χ3v) is 7.14. The lowest BCUT2D eigenvalue weighted by Gasteiger charge is -2.32. The quantitative estimate of drug-likeness (QED) is 0.253. The van der Waals surface area contributed by atoms with Gasteiger partial charge in [-0.05, 0) is 79.5 Å². The molecule has 0 atom stereocenters. The Hall–Kier alpha value is -2.51. The van der Waals surface area contributed by atoms with E-state index in [1.807, 2.05) is 24.3 Å². The van der Waals surface area contributed by atoms with Gasteiger partial charge in [0.1, 0.15) is 11.5 Å². The molecule has 9 heteroatoms. The Labute approximate surface area is 225 Å². The minimum absolute atomic E-state index is 0.168. The van der Waals surface area contributed by atoms with Crippen LogP contribution >= 0.6 is 47.0 Å². The number of halogens is 3. The van der Waals surface area contributed by atoms with Crippen LogP contribution in [0.25, 0.3) is 17.4 Å². The highest BCUT2D eigenvalue weighted by Gasteiger charge is 2.18. The maximum Gasteiger partial charge on any atom is 0.250 e. The van der Waals surface area contributed by atoms with Crippen LogP contribution in [0, 0.1) is 5.92 Å². The van der Waals surface area contributed by atoms with E-state index in [4.69, 9.17) is 51.4 Å². The Bertz CT molecular complexity index is 1270. The topological polar surface area (TPSA) is 57.5 Å². The lowest BCUT2D eigenvalue weighted by atomic mass is 9.99. The highest BCUT2D eigenvalue weighted by Crippen LogP contribution is 2.34. The molecule has 182 valence electrons. The number of thiocarbonyl (C=S) groups is 1. The second-order valence-corrected chi connectivity index (χ2v) is 10.0. The third-order valence-electron chi connectivity index (χ3n) is 5.81. The van der Waals surface area contributed by atoms with Crippen molar-refractivity contribution in [3.63, 3.8) is 0 Å². The maximum atomic E-state index is 12.3. The molecule has 4 rings (SSSR count). The van der Waals surface area contributed by atoms with Gasteiger partial charge in [0.15, 0.2) is 5.11 Å². The number of carbonyl (C=O) groups is 1. The molecule has 1 fully saturated rings. The molecule has 1 amide bonds. The summed E-state index contributed by atoms with van der Waals surface area (Å²) in [5, 5.41) is 7.28. The molecule has 0 aliphatic carbocycles. The van der Waals surface area contributed by atoms with Crippen molar-refractivity contribution < 1.29 is 9.21 Å². The van der Waals surface area contributed by atoms with Crippen molar-refractivity contribution in [2.24, 2.45) is 5.92 Å². The summed E-state index contributed by atoms with van der Waals surface area (Å²) in [6.45, 7) is 4.27. The zero-order valence-electron chi connectivity index (χ0n) is 19.0. The molecular weight excluding hydrogens is 525 g/mol. The number of nitrogens with zero attached hydrogens (tertiary/aromatic N) is 1. The first-order chi connectivity index (χ1) is 16.8. The molecule has 1 saturated heterocycles. The fourth-order valence-electron chi connectivity index (χ4n) is 3.85. The van der Waals surface area contributed by atoms with E-state index < -0.39 is 5.91 Å². The van der Waals surface area contributed by atoms with Gasteiger partial charge in [0.05, 0.1) is 20.8 Å². The van der Waals surface area contributed by atoms with Crippen molar-refractivity contribution in [3.8, 4) is 11.3 Å². The summed E-state index contributed by atoms with van der Waals surface area (Å²) in [6, 6.07) is 14.5. The number of furan rings is 1. The van der Waals surface area contributed by atoms with Crippen LogP contribution in [-0.2, 0) is 4.79 Å². The summed E-state index contributed by atoms with van der Waals surface area (Å²) in [5.74, 6) is 1.39. The first-order valence-corrected chi connectivity index (χ1v) is 12.7. The van der Waals surface area contributed by atoms with Gasteiger partial charge in [-0.25, -0.2) is 0 Å². The van der Waals surface area contributed by atoms with E-state index in [1.54, 1.807) is 30.3 Å². The van der Waals surface area contributed by atoms with Crippen molar-refractivity contribution in [3.05, 3.63) is 75.4 Å². The van der Waals surface area contributed by atoms with Gasteiger partial charge in [0, 0.05) is 30.4 Å². The van der Waals surface area contributed by atoms with Crippen molar-refractivity contribution >= 4 is 75.5 Å². The molecule has 2 N–H and O–H groups in total. The van der Waals surface area contributed by atoms with Crippen molar-refractivity contribution in [1.82, 2.24) is 5.32 Å². The number of benzene rings is 2. The molecule has 0 unspecified atom stereocenters. The molecule has 35 heavy (non-hydrogen) atoms. The minimum Gasteiger partial charge on any atom is -0.457 e. The second kappa shape index (κ2) is 11.5. The summed E-state index contributed by atoms with van der Waals surface area (Å²) >= 11 is 24.1. The second-order valence-electron chi connectivity index (χ2n) is 8.42. The van der Waals surface area contributed by atoms with E-state index in [0.29, 0.717) is 37.8 Å². The number of hydrogen-bond acceptors (Lipinski definition) is 4. The van der Waals surface area contributed by atoms with Crippen LogP contribution in [0.3, 0.4) is 0 Å². The highest BCUT2D eigenvalue weighted by atomic mass is 35.5. The van der Waals surface area contributed by atoms with Crippen LogP contribution in [-0.4, -0.2) is 24.1 Å². The summed E-state index contributed by atoms with van der Waals surface area (Å²) in [7, 11) is 0. The van der Waals surface area contributed by atoms with Gasteiger partial charge >= 0.3 is 0 Å². The van der Waals surface area contributed by atoms with Crippen LogP contribution in [0.15, 0.2) is 59.0 Å². The van der Waals surface area contributed by atoms with E-state index in [-0.39, 0.29) is 5.11 Å². The zero-order valence-corrected chi connectivity index (χ0v) is 22.1. The zero-order chi connectivity index (χ0) is 24.9. The van der Waals surface area contributed by atoms with E-state index in [9.17, 15) is 4.79 Å². The van der Waals surface area contributed by atoms with E-state index >= 15 is 0 Å². The first kappa shape index (κ1) is 25.6. The fraction of sp³-hybridized carbons (Fsp3) is 0.231. The molecular formula is C26H24Cl3N3O2S. The number of piperidine rings is 1. The van der Waals surface area contributed by atoms with Gasteiger partial charge in [-0.3, -0.25) is 10.1 Å². The monoisotopic (exact) mass is 547 g/mol. The lowest BCUT2D eigenvalue weighted by Crippen LogP contribution is -2.33. The fourth-order valence-corrected chi connectivity index (χ4v) is 4.76. The molecule has 1 aromatic heterocycles. The van der Waals surface area contributed by atoms with Crippen molar-refractivity contribution in [1.29, 1.82) is 0 Å². The highest BCUT2D eigenvalue weighted by molar-refractivity contribution is 7.80. The number of anilines is 2. The van der Waals surface area contributed by atoms with E-state index in [0.717, 1.165) is 37.5 Å². The van der Waals surface area contributed by atoms with Crippen LogP contribution < -0.4 is 15.5 Å². The Morgan fingerprint density at radius 3 is 2.60 bits per heavy atom. The normalized spacial score (nSPS) is 14.3. The minimum atomic E-state index is -0.397. The average molecular weight is 549 g/mol.